The lowest BCUT2D eigenvalue weighted by Crippen LogP contribution is -2.19. The fraction of sp³-hybridized carbons (Fsp3) is 0.0909. The van der Waals surface area contributed by atoms with Gasteiger partial charge in [-0.1, -0.05) is 78.3 Å². The van der Waals surface area contributed by atoms with Crippen LogP contribution in [0.15, 0.2) is 84.9 Å². The summed E-state index contributed by atoms with van der Waals surface area (Å²) in [4.78, 5) is 27.6. The third-order valence-electron chi connectivity index (χ3n) is 4.58. The number of nitrogens with zero attached hydrogens (tertiary/aromatic N) is 1. The molecule has 0 N–H and O–H groups in total. The summed E-state index contributed by atoms with van der Waals surface area (Å²) in [5.74, 6) is -0.231. The molecular weight excluding hydrogens is 346 g/mol. The van der Waals surface area contributed by atoms with Crippen LogP contribution in [-0.2, 0) is 0 Å². The molecule has 1 heterocycles. The van der Waals surface area contributed by atoms with Gasteiger partial charge in [-0.15, -0.1) is 0 Å². The molecule has 0 aromatic heterocycles. The fourth-order valence-corrected chi connectivity index (χ4v) is 3.48. The molecule has 3 aromatic rings. The normalized spacial score (nSPS) is 18.4. The molecule has 1 saturated heterocycles. The van der Waals surface area contributed by atoms with Gasteiger partial charge < -0.3 is 4.90 Å². The van der Waals surface area contributed by atoms with Crippen LogP contribution in [0.2, 0.25) is 5.02 Å². The number of Topliss-reactive ketones (excluding diaryl/α,β-unsaturated/α-hetero) is 1. The van der Waals surface area contributed by atoms with E-state index in [-0.39, 0.29) is 17.7 Å². The maximum absolute atomic E-state index is 13.0. The first-order valence-electron chi connectivity index (χ1n) is 8.39. The van der Waals surface area contributed by atoms with Gasteiger partial charge in [0.15, 0.2) is 5.78 Å². The van der Waals surface area contributed by atoms with Crippen LogP contribution in [0.3, 0.4) is 0 Å². The number of carbonyl (C=O) groups excluding carboxylic acids is 2. The molecule has 0 spiro atoms. The second kappa shape index (κ2) is 6.77. The van der Waals surface area contributed by atoms with Gasteiger partial charge in [-0.2, -0.15) is 0 Å². The van der Waals surface area contributed by atoms with E-state index in [1.807, 2.05) is 48.5 Å². The Morgan fingerprint density at radius 2 is 1.38 bits per heavy atom. The van der Waals surface area contributed by atoms with Crippen LogP contribution < -0.4 is 0 Å². The molecule has 1 fully saturated rings. The van der Waals surface area contributed by atoms with Gasteiger partial charge in [0, 0.05) is 16.1 Å². The molecule has 4 rings (SSSR count). The van der Waals surface area contributed by atoms with E-state index in [9.17, 15) is 9.59 Å². The van der Waals surface area contributed by atoms with Crippen LogP contribution in [0.4, 0.5) is 0 Å². The van der Waals surface area contributed by atoms with Gasteiger partial charge in [-0.25, -0.2) is 0 Å². The van der Waals surface area contributed by atoms with E-state index in [0.717, 1.165) is 5.56 Å². The quantitative estimate of drug-likeness (QED) is 0.495. The minimum atomic E-state index is -0.494. The molecule has 1 aliphatic heterocycles. The molecule has 0 radical (unpaired) electrons. The topological polar surface area (TPSA) is 37.1 Å². The molecule has 1 aliphatic rings. The summed E-state index contributed by atoms with van der Waals surface area (Å²) in [6.07, 6.45) is 0. The molecular formula is C22H16ClNO2. The monoisotopic (exact) mass is 361 g/mol. The molecule has 0 unspecified atom stereocenters. The van der Waals surface area contributed by atoms with E-state index in [4.69, 9.17) is 11.6 Å². The van der Waals surface area contributed by atoms with Gasteiger partial charge in [-0.3, -0.25) is 9.59 Å². The van der Waals surface area contributed by atoms with E-state index >= 15 is 0 Å². The highest BCUT2D eigenvalue weighted by atomic mass is 35.5. The Morgan fingerprint density at radius 1 is 0.769 bits per heavy atom. The van der Waals surface area contributed by atoms with Crippen molar-refractivity contribution in [3.8, 4) is 0 Å². The van der Waals surface area contributed by atoms with E-state index in [1.54, 1.807) is 41.3 Å². The highest BCUT2D eigenvalue weighted by molar-refractivity contribution is 6.31. The van der Waals surface area contributed by atoms with Crippen molar-refractivity contribution in [3.63, 3.8) is 0 Å². The van der Waals surface area contributed by atoms with Gasteiger partial charge in [0.2, 0.25) is 0 Å². The number of rotatable bonds is 4. The Bertz CT molecular complexity index is 956. The van der Waals surface area contributed by atoms with Gasteiger partial charge >= 0.3 is 0 Å². The lowest BCUT2D eigenvalue weighted by molar-refractivity contribution is 0.0833. The molecule has 1 amide bonds. The lowest BCUT2D eigenvalue weighted by Gasteiger charge is -2.05. The van der Waals surface area contributed by atoms with Crippen LogP contribution in [-0.4, -0.2) is 22.6 Å². The third kappa shape index (κ3) is 3.02. The summed E-state index contributed by atoms with van der Waals surface area (Å²) in [7, 11) is 0. The summed E-state index contributed by atoms with van der Waals surface area (Å²) in [5.41, 5.74) is 2.05. The standard InChI is InChI=1S/C22H16ClNO2/c23-18-13-7-12-17(14-18)22(26)24-19(15-8-3-1-4-9-15)20(24)21(25)16-10-5-2-6-11-16/h1-14,19-20H/t19-,20-,24?/m0/s1. The smallest absolute Gasteiger partial charge is 0.255 e. The van der Waals surface area contributed by atoms with Gasteiger partial charge in [0.05, 0.1) is 6.04 Å². The molecule has 128 valence electrons. The lowest BCUT2D eigenvalue weighted by atomic mass is 10.0. The molecule has 0 bridgehead atoms. The number of carbonyl (C=O) groups is 2. The maximum atomic E-state index is 13.0. The predicted molar refractivity (Wildman–Crippen MR) is 101 cm³/mol. The summed E-state index contributed by atoms with van der Waals surface area (Å²) >= 11 is 6.02. The van der Waals surface area contributed by atoms with Crippen molar-refractivity contribution in [3.05, 3.63) is 107 Å². The van der Waals surface area contributed by atoms with Crippen LogP contribution >= 0.6 is 11.6 Å². The molecule has 26 heavy (non-hydrogen) atoms. The van der Waals surface area contributed by atoms with Gasteiger partial charge in [0.25, 0.3) is 5.91 Å². The van der Waals surface area contributed by atoms with E-state index in [0.29, 0.717) is 16.1 Å². The van der Waals surface area contributed by atoms with Crippen molar-refractivity contribution in [2.75, 3.05) is 0 Å². The van der Waals surface area contributed by atoms with Gasteiger partial charge in [0.1, 0.15) is 6.04 Å². The predicted octanol–water partition coefficient (Wildman–Crippen LogP) is 4.79. The first-order valence-corrected chi connectivity index (χ1v) is 8.77. The summed E-state index contributed by atoms with van der Waals surface area (Å²) in [6, 6.07) is 24.8. The highest BCUT2D eigenvalue weighted by Gasteiger charge is 2.56. The van der Waals surface area contributed by atoms with Crippen LogP contribution in [0.25, 0.3) is 0 Å². The Labute approximate surface area is 156 Å². The molecule has 0 saturated carbocycles. The minimum absolute atomic E-state index is 0.0465. The first kappa shape index (κ1) is 16.6. The summed E-state index contributed by atoms with van der Waals surface area (Å²) < 4.78 is 0. The number of benzene rings is 3. The van der Waals surface area contributed by atoms with Crippen molar-refractivity contribution >= 4 is 23.3 Å². The number of amides is 1. The maximum Gasteiger partial charge on any atom is 0.255 e. The second-order valence-corrected chi connectivity index (χ2v) is 6.69. The Morgan fingerprint density at radius 3 is 2.04 bits per heavy atom. The zero-order chi connectivity index (χ0) is 18.1. The molecule has 2 atom stereocenters. The average molecular weight is 362 g/mol. The number of ketones is 1. The zero-order valence-corrected chi connectivity index (χ0v) is 14.6. The number of hydrogen-bond donors (Lipinski definition) is 0. The minimum Gasteiger partial charge on any atom is -0.316 e. The number of halogens is 1. The third-order valence-corrected chi connectivity index (χ3v) is 4.82. The van der Waals surface area contributed by atoms with Crippen molar-refractivity contribution in [1.82, 2.24) is 4.90 Å². The fourth-order valence-electron chi connectivity index (χ4n) is 3.29. The van der Waals surface area contributed by atoms with E-state index < -0.39 is 6.04 Å². The molecule has 3 nitrogen and oxygen atoms in total. The van der Waals surface area contributed by atoms with Crippen LogP contribution in [0.1, 0.15) is 32.3 Å². The SMILES string of the molecule is O=C(c1ccccc1)[C@@H]1[C@H](c2ccccc2)N1C(=O)c1cccc(Cl)c1. The second-order valence-electron chi connectivity index (χ2n) is 6.25. The molecule has 3 aromatic carbocycles. The van der Waals surface area contributed by atoms with Crippen molar-refractivity contribution in [2.45, 2.75) is 12.1 Å². The molecule has 4 heteroatoms. The first-order chi connectivity index (χ1) is 12.7. The van der Waals surface area contributed by atoms with Crippen molar-refractivity contribution < 1.29 is 9.59 Å². The summed E-state index contributed by atoms with van der Waals surface area (Å²) in [6.45, 7) is 0. The largest absolute Gasteiger partial charge is 0.316 e. The van der Waals surface area contributed by atoms with Crippen molar-refractivity contribution in [1.29, 1.82) is 0 Å². The Kier molecular flexibility index (Phi) is 4.31. The molecule has 0 aliphatic carbocycles. The Hall–Kier alpha value is -2.91. The van der Waals surface area contributed by atoms with Gasteiger partial charge in [-0.05, 0) is 23.8 Å². The summed E-state index contributed by atoms with van der Waals surface area (Å²) in [5, 5.41) is 0.500. The zero-order valence-electron chi connectivity index (χ0n) is 13.9. The van der Waals surface area contributed by atoms with E-state index in [1.165, 1.54) is 0 Å². The van der Waals surface area contributed by atoms with Crippen LogP contribution in [0, 0.1) is 0 Å². The Balaban J connectivity index is 1.69. The van der Waals surface area contributed by atoms with Crippen molar-refractivity contribution in [2.24, 2.45) is 0 Å². The highest BCUT2D eigenvalue weighted by Crippen LogP contribution is 2.46. The van der Waals surface area contributed by atoms with Crippen LogP contribution in [0.5, 0.6) is 0 Å². The van der Waals surface area contributed by atoms with E-state index in [2.05, 4.69) is 0 Å². The average Bonchev–Trinajstić information content (AvgIpc) is 3.44. The number of hydrogen-bond acceptors (Lipinski definition) is 2.